The van der Waals surface area contributed by atoms with E-state index in [1.165, 1.54) is 4.90 Å². The molecule has 0 aromatic heterocycles. The summed E-state index contributed by atoms with van der Waals surface area (Å²) in [4.78, 5) is 1.47. The molecule has 110 valence electrons. The molecule has 2 unspecified atom stereocenters. The van der Waals surface area contributed by atoms with E-state index >= 15 is 0 Å². The van der Waals surface area contributed by atoms with Gasteiger partial charge < -0.3 is 15.3 Å². The lowest BCUT2D eigenvalue weighted by Crippen LogP contribution is -2.41. The summed E-state index contributed by atoms with van der Waals surface area (Å²) in [6.45, 7) is 4.45. The van der Waals surface area contributed by atoms with Gasteiger partial charge in [0.25, 0.3) is 10.1 Å². The Hall–Kier alpha value is -0.250. The molecule has 0 fully saturated rings. The largest absolute Gasteiger partial charge is 0.395 e. The molecular formula is C10H23NO6S. The van der Waals surface area contributed by atoms with Crippen LogP contribution in [0.5, 0.6) is 0 Å². The van der Waals surface area contributed by atoms with E-state index in [1.807, 2.05) is 13.8 Å². The zero-order chi connectivity index (χ0) is 14.3. The average Bonchev–Trinajstić information content (AvgIpc) is 2.22. The van der Waals surface area contributed by atoms with Gasteiger partial charge in [-0.1, -0.05) is 13.8 Å². The van der Waals surface area contributed by atoms with Crippen molar-refractivity contribution in [2.45, 2.75) is 38.4 Å². The third kappa shape index (κ3) is 7.24. The normalized spacial score (nSPS) is 16.2. The van der Waals surface area contributed by atoms with Gasteiger partial charge >= 0.3 is 0 Å². The van der Waals surface area contributed by atoms with Crippen molar-refractivity contribution in [3.05, 3.63) is 0 Å². The van der Waals surface area contributed by atoms with Gasteiger partial charge in [0.1, 0.15) is 6.23 Å². The second-order valence-corrected chi connectivity index (χ2v) is 6.20. The van der Waals surface area contributed by atoms with Crippen LogP contribution in [0.4, 0.5) is 0 Å². The van der Waals surface area contributed by atoms with Crippen LogP contribution in [-0.2, 0) is 10.1 Å². The SMILES string of the molecule is CC(C)CCN(CCO)C(O)CC(O)S(=O)(=O)O. The fraction of sp³-hybridized carbons (Fsp3) is 1.00. The average molecular weight is 285 g/mol. The first-order valence-corrected chi connectivity index (χ1v) is 7.36. The van der Waals surface area contributed by atoms with Crippen molar-refractivity contribution in [2.75, 3.05) is 19.7 Å². The van der Waals surface area contributed by atoms with Gasteiger partial charge in [-0.25, -0.2) is 0 Å². The molecular weight excluding hydrogens is 262 g/mol. The van der Waals surface area contributed by atoms with Crippen LogP contribution in [0.2, 0.25) is 0 Å². The molecule has 0 radical (unpaired) electrons. The minimum Gasteiger partial charge on any atom is -0.395 e. The number of hydrogen-bond donors (Lipinski definition) is 4. The fourth-order valence-electron chi connectivity index (χ4n) is 1.41. The van der Waals surface area contributed by atoms with Crippen molar-refractivity contribution in [3.8, 4) is 0 Å². The number of rotatable bonds is 9. The lowest BCUT2D eigenvalue weighted by molar-refractivity contribution is -0.0285. The van der Waals surface area contributed by atoms with E-state index < -0.39 is 28.2 Å². The van der Waals surface area contributed by atoms with Gasteiger partial charge in [0.05, 0.1) is 6.61 Å². The molecule has 8 heteroatoms. The van der Waals surface area contributed by atoms with Gasteiger partial charge in [0, 0.05) is 19.5 Å². The predicted molar refractivity (Wildman–Crippen MR) is 66.3 cm³/mol. The van der Waals surface area contributed by atoms with E-state index in [4.69, 9.17) is 14.8 Å². The third-order valence-electron chi connectivity index (χ3n) is 2.56. The van der Waals surface area contributed by atoms with Crippen LogP contribution in [0.3, 0.4) is 0 Å². The Balaban J connectivity index is 4.42. The summed E-state index contributed by atoms with van der Waals surface area (Å²) < 4.78 is 29.9. The molecule has 18 heavy (non-hydrogen) atoms. The monoisotopic (exact) mass is 285 g/mol. The molecule has 0 aliphatic carbocycles. The highest BCUT2D eigenvalue weighted by Gasteiger charge is 2.26. The molecule has 0 heterocycles. The second-order valence-electron chi connectivity index (χ2n) is 4.63. The molecule has 0 bridgehead atoms. The first-order valence-electron chi connectivity index (χ1n) is 5.85. The molecule has 0 aromatic carbocycles. The fourth-order valence-corrected chi connectivity index (χ4v) is 1.83. The number of aliphatic hydroxyl groups excluding tert-OH is 3. The van der Waals surface area contributed by atoms with Crippen molar-refractivity contribution < 1.29 is 28.3 Å². The summed E-state index contributed by atoms with van der Waals surface area (Å²) in [5.41, 5.74) is -2.02. The quantitative estimate of drug-likeness (QED) is 0.325. The summed E-state index contributed by atoms with van der Waals surface area (Å²) >= 11 is 0. The number of nitrogens with zero attached hydrogens (tertiary/aromatic N) is 1. The van der Waals surface area contributed by atoms with Gasteiger partial charge in [-0.3, -0.25) is 9.45 Å². The van der Waals surface area contributed by atoms with E-state index in [0.717, 1.165) is 6.42 Å². The van der Waals surface area contributed by atoms with Crippen LogP contribution < -0.4 is 0 Å². The Bertz CT molecular complexity index is 318. The van der Waals surface area contributed by atoms with Gasteiger partial charge in [-0.15, -0.1) is 0 Å². The molecule has 0 aliphatic heterocycles. The number of hydrogen-bond acceptors (Lipinski definition) is 6. The van der Waals surface area contributed by atoms with E-state index in [1.54, 1.807) is 0 Å². The van der Waals surface area contributed by atoms with Gasteiger partial charge in [-0.2, -0.15) is 8.42 Å². The maximum absolute atomic E-state index is 10.6. The summed E-state index contributed by atoms with van der Waals surface area (Å²) in [5.74, 6) is 0.393. The first kappa shape index (κ1) is 17.8. The highest BCUT2D eigenvalue weighted by atomic mass is 32.2. The number of aliphatic hydroxyl groups is 3. The van der Waals surface area contributed by atoms with E-state index in [0.29, 0.717) is 12.5 Å². The Labute approximate surface area is 108 Å². The molecule has 7 nitrogen and oxygen atoms in total. The van der Waals surface area contributed by atoms with Crippen LogP contribution in [0.15, 0.2) is 0 Å². The first-order chi connectivity index (χ1) is 8.18. The Morgan fingerprint density at radius 3 is 2.11 bits per heavy atom. The van der Waals surface area contributed by atoms with Gasteiger partial charge in [0.2, 0.25) is 0 Å². The third-order valence-corrected chi connectivity index (χ3v) is 3.44. The van der Waals surface area contributed by atoms with Crippen LogP contribution in [0, 0.1) is 5.92 Å². The predicted octanol–water partition coefficient (Wildman–Crippen LogP) is -0.758. The van der Waals surface area contributed by atoms with Crippen LogP contribution >= 0.6 is 0 Å². The minimum absolute atomic E-state index is 0.173. The molecule has 4 N–H and O–H groups in total. The summed E-state index contributed by atoms with van der Waals surface area (Å²) in [6.07, 6.45) is -0.983. The zero-order valence-electron chi connectivity index (χ0n) is 10.7. The van der Waals surface area contributed by atoms with E-state index in [2.05, 4.69) is 0 Å². The lowest BCUT2D eigenvalue weighted by Gasteiger charge is -2.28. The summed E-state index contributed by atoms with van der Waals surface area (Å²) in [7, 11) is -4.57. The Morgan fingerprint density at radius 2 is 1.72 bits per heavy atom. The molecule has 0 rings (SSSR count). The molecule has 2 atom stereocenters. The van der Waals surface area contributed by atoms with E-state index in [-0.39, 0.29) is 13.2 Å². The Kier molecular flexibility index (Phi) is 7.92. The minimum atomic E-state index is -4.57. The molecule has 0 aliphatic rings. The smallest absolute Gasteiger partial charge is 0.292 e. The highest BCUT2D eigenvalue weighted by Crippen LogP contribution is 2.11. The molecule has 0 amide bonds. The maximum Gasteiger partial charge on any atom is 0.292 e. The topological polar surface area (TPSA) is 118 Å². The van der Waals surface area contributed by atoms with Crippen molar-refractivity contribution in [1.29, 1.82) is 0 Å². The standard InChI is InChI=1S/C10H23NO6S/c1-8(2)3-4-11(5-6-12)9(13)7-10(14)18(15,16)17/h8-10,12-14H,3-7H2,1-2H3,(H,15,16,17). The van der Waals surface area contributed by atoms with Crippen molar-refractivity contribution >= 4 is 10.1 Å². The molecule has 0 aromatic rings. The van der Waals surface area contributed by atoms with Crippen LogP contribution in [0.25, 0.3) is 0 Å². The van der Waals surface area contributed by atoms with E-state index in [9.17, 15) is 13.5 Å². The summed E-state index contributed by atoms with van der Waals surface area (Å²) in [5, 5.41) is 27.8. The van der Waals surface area contributed by atoms with Crippen molar-refractivity contribution in [2.24, 2.45) is 5.92 Å². The molecule has 0 spiro atoms. The summed E-state index contributed by atoms with van der Waals surface area (Å²) in [6, 6.07) is 0. The molecule has 0 saturated heterocycles. The van der Waals surface area contributed by atoms with Crippen LogP contribution in [0.1, 0.15) is 26.7 Å². The van der Waals surface area contributed by atoms with Crippen molar-refractivity contribution in [1.82, 2.24) is 4.90 Å². The van der Waals surface area contributed by atoms with Gasteiger partial charge in [-0.05, 0) is 12.3 Å². The highest BCUT2D eigenvalue weighted by molar-refractivity contribution is 7.86. The van der Waals surface area contributed by atoms with Crippen molar-refractivity contribution in [3.63, 3.8) is 0 Å². The maximum atomic E-state index is 10.6. The second kappa shape index (κ2) is 8.03. The lowest BCUT2D eigenvalue weighted by atomic mass is 10.1. The molecule has 0 saturated carbocycles. The van der Waals surface area contributed by atoms with Gasteiger partial charge in [0.15, 0.2) is 5.44 Å². The zero-order valence-corrected chi connectivity index (χ0v) is 11.5. The van der Waals surface area contributed by atoms with Crippen LogP contribution in [-0.4, -0.2) is 64.6 Å². The Morgan fingerprint density at radius 1 is 1.17 bits per heavy atom.